The molecule has 1 aromatic rings. The summed E-state index contributed by atoms with van der Waals surface area (Å²) < 4.78 is 0. The van der Waals surface area contributed by atoms with E-state index in [-0.39, 0.29) is 11.8 Å². The number of carbonyl (C=O) groups is 1. The minimum Gasteiger partial charge on any atom is -0.330 e. The lowest BCUT2D eigenvalue weighted by atomic mass is 9.94. The first-order valence-corrected chi connectivity index (χ1v) is 6.02. The van der Waals surface area contributed by atoms with Gasteiger partial charge in [-0.2, -0.15) is 5.10 Å². The molecule has 0 spiro atoms. The Morgan fingerprint density at radius 2 is 2.29 bits per heavy atom. The number of aromatic amines is 1. The molecule has 5 heteroatoms. The van der Waals surface area contributed by atoms with Crippen LogP contribution >= 0.6 is 0 Å². The number of nitrogens with two attached hydrogens (primary N) is 1. The van der Waals surface area contributed by atoms with Gasteiger partial charge in [0.25, 0.3) is 0 Å². The molecule has 1 amide bonds. The molecule has 4 N–H and O–H groups in total. The summed E-state index contributed by atoms with van der Waals surface area (Å²) in [4.78, 5) is 11.8. The molecular weight excluding hydrogens is 216 g/mol. The first-order valence-electron chi connectivity index (χ1n) is 6.02. The van der Waals surface area contributed by atoms with Crippen molar-refractivity contribution in [1.29, 1.82) is 0 Å². The molecule has 0 unspecified atom stereocenters. The number of hydrogen-bond donors (Lipinski definition) is 3. The van der Waals surface area contributed by atoms with E-state index in [0.717, 1.165) is 12.0 Å². The van der Waals surface area contributed by atoms with E-state index in [4.69, 9.17) is 5.73 Å². The Balaban J connectivity index is 2.45. The van der Waals surface area contributed by atoms with Gasteiger partial charge in [-0.3, -0.25) is 9.89 Å². The summed E-state index contributed by atoms with van der Waals surface area (Å²) in [6.45, 7) is 6.72. The number of carbonyl (C=O) groups excluding carboxylic acids is 1. The number of amides is 1. The summed E-state index contributed by atoms with van der Waals surface area (Å²) in [5.74, 6) is 1.48. The summed E-state index contributed by atoms with van der Waals surface area (Å²) in [7, 11) is 0. The molecule has 17 heavy (non-hydrogen) atoms. The summed E-state index contributed by atoms with van der Waals surface area (Å²) in [6, 6.07) is 0. The van der Waals surface area contributed by atoms with Crippen LogP contribution in [0.3, 0.4) is 0 Å². The van der Waals surface area contributed by atoms with Crippen molar-refractivity contribution in [2.75, 3.05) is 11.9 Å². The standard InChI is InChI=1S/C12H22N4O/c1-8(2)4-10(6-13)5-11(17)15-12-9(3)7-14-16-12/h7-8,10H,4-6,13H2,1-3H3,(H2,14,15,16,17)/t10-/m0/s1. The van der Waals surface area contributed by atoms with Crippen LogP contribution < -0.4 is 11.1 Å². The zero-order chi connectivity index (χ0) is 12.8. The smallest absolute Gasteiger partial charge is 0.225 e. The average molecular weight is 238 g/mol. The minimum atomic E-state index is -0.00606. The van der Waals surface area contributed by atoms with Crippen LogP contribution in [0, 0.1) is 18.8 Å². The van der Waals surface area contributed by atoms with Crippen LogP contribution in [0.4, 0.5) is 5.82 Å². The fraction of sp³-hybridized carbons (Fsp3) is 0.667. The van der Waals surface area contributed by atoms with E-state index in [1.165, 1.54) is 0 Å². The van der Waals surface area contributed by atoms with Crippen molar-refractivity contribution in [1.82, 2.24) is 10.2 Å². The zero-order valence-electron chi connectivity index (χ0n) is 10.8. The van der Waals surface area contributed by atoms with E-state index in [0.29, 0.717) is 24.7 Å². The Kier molecular flexibility index (Phi) is 5.15. The van der Waals surface area contributed by atoms with E-state index < -0.39 is 0 Å². The Bertz CT molecular complexity index is 359. The first-order chi connectivity index (χ1) is 8.02. The number of hydrogen-bond acceptors (Lipinski definition) is 3. The van der Waals surface area contributed by atoms with Gasteiger partial charge in [0.1, 0.15) is 5.82 Å². The van der Waals surface area contributed by atoms with E-state index in [1.807, 2.05) is 6.92 Å². The summed E-state index contributed by atoms with van der Waals surface area (Å²) in [5.41, 5.74) is 6.61. The second-order valence-electron chi connectivity index (χ2n) is 4.91. The molecular formula is C12H22N4O. The van der Waals surface area contributed by atoms with Crippen LogP contribution in [0.1, 0.15) is 32.3 Å². The Morgan fingerprint density at radius 3 is 2.76 bits per heavy atom. The highest BCUT2D eigenvalue weighted by molar-refractivity contribution is 5.90. The van der Waals surface area contributed by atoms with Crippen molar-refractivity contribution < 1.29 is 4.79 Å². The molecule has 0 aliphatic rings. The number of nitrogens with zero attached hydrogens (tertiary/aromatic N) is 1. The lowest BCUT2D eigenvalue weighted by molar-refractivity contribution is -0.117. The molecule has 1 heterocycles. The fourth-order valence-corrected chi connectivity index (χ4v) is 1.86. The number of nitrogens with one attached hydrogen (secondary N) is 2. The van der Waals surface area contributed by atoms with Gasteiger partial charge in [0.2, 0.25) is 5.91 Å². The molecule has 0 fully saturated rings. The van der Waals surface area contributed by atoms with Crippen LogP contribution in [-0.4, -0.2) is 22.6 Å². The Labute approximate surface area is 102 Å². The number of H-pyrrole nitrogens is 1. The SMILES string of the molecule is Cc1cn[nH]c1NC(=O)C[C@@H](CN)CC(C)C. The van der Waals surface area contributed by atoms with Crippen LogP contribution in [-0.2, 0) is 4.79 Å². The maximum absolute atomic E-state index is 11.8. The fourth-order valence-electron chi connectivity index (χ4n) is 1.86. The third-order valence-electron chi connectivity index (χ3n) is 2.71. The van der Waals surface area contributed by atoms with Gasteiger partial charge < -0.3 is 11.1 Å². The molecule has 0 bridgehead atoms. The van der Waals surface area contributed by atoms with E-state index in [2.05, 4.69) is 29.4 Å². The lowest BCUT2D eigenvalue weighted by Gasteiger charge is -2.16. The van der Waals surface area contributed by atoms with E-state index in [9.17, 15) is 4.79 Å². The second kappa shape index (κ2) is 6.39. The van der Waals surface area contributed by atoms with Crippen molar-refractivity contribution in [3.05, 3.63) is 11.8 Å². The monoisotopic (exact) mass is 238 g/mol. The molecule has 0 saturated carbocycles. The van der Waals surface area contributed by atoms with Gasteiger partial charge in [-0.05, 0) is 31.7 Å². The third-order valence-corrected chi connectivity index (χ3v) is 2.71. The topological polar surface area (TPSA) is 83.8 Å². The van der Waals surface area contributed by atoms with Gasteiger partial charge in [0.15, 0.2) is 0 Å². The van der Waals surface area contributed by atoms with Gasteiger partial charge in [0, 0.05) is 12.0 Å². The molecule has 0 radical (unpaired) electrons. The average Bonchev–Trinajstić information content (AvgIpc) is 2.62. The maximum atomic E-state index is 11.8. The van der Waals surface area contributed by atoms with Crippen molar-refractivity contribution >= 4 is 11.7 Å². The largest absolute Gasteiger partial charge is 0.330 e. The predicted molar refractivity (Wildman–Crippen MR) is 68.6 cm³/mol. The summed E-state index contributed by atoms with van der Waals surface area (Å²) >= 11 is 0. The normalized spacial score (nSPS) is 12.8. The van der Waals surface area contributed by atoms with E-state index >= 15 is 0 Å². The van der Waals surface area contributed by atoms with Gasteiger partial charge in [0.05, 0.1) is 6.20 Å². The minimum absolute atomic E-state index is 0.00606. The highest BCUT2D eigenvalue weighted by Gasteiger charge is 2.15. The van der Waals surface area contributed by atoms with Crippen molar-refractivity contribution in [2.45, 2.75) is 33.6 Å². The van der Waals surface area contributed by atoms with Crippen LogP contribution in [0.5, 0.6) is 0 Å². The molecule has 5 nitrogen and oxygen atoms in total. The van der Waals surface area contributed by atoms with Crippen LogP contribution in [0.2, 0.25) is 0 Å². The summed E-state index contributed by atoms with van der Waals surface area (Å²) in [5, 5.41) is 9.43. The van der Waals surface area contributed by atoms with Crippen molar-refractivity contribution in [3.63, 3.8) is 0 Å². The third kappa shape index (κ3) is 4.56. The molecule has 0 saturated heterocycles. The number of aryl methyl sites for hydroxylation is 1. The maximum Gasteiger partial charge on any atom is 0.225 e. The highest BCUT2D eigenvalue weighted by Crippen LogP contribution is 2.16. The molecule has 1 rings (SSSR count). The molecule has 0 aromatic carbocycles. The van der Waals surface area contributed by atoms with Crippen molar-refractivity contribution in [2.24, 2.45) is 17.6 Å². The zero-order valence-corrected chi connectivity index (χ0v) is 10.8. The molecule has 0 aliphatic heterocycles. The van der Waals surface area contributed by atoms with Gasteiger partial charge in [-0.1, -0.05) is 13.8 Å². The quantitative estimate of drug-likeness (QED) is 0.704. The Morgan fingerprint density at radius 1 is 1.59 bits per heavy atom. The van der Waals surface area contributed by atoms with Gasteiger partial charge in [-0.15, -0.1) is 0 Å². The first kappa shape index (κ1) is 13.7. The molecule has 0 aliphatic carbocycles. The van der Waals surface area contributed by atoms with Crippen LogP contribution in [0.25, 0.3) is 0 Å². The number of rotatable bonds is 6. The summed E-state index contributed by atoms with van der Waals surface area (Å²) in [6.07, 6.45) is 3.13. The van der Waals surface area contributed by atoms with E-state index in [1.54, 1.807) is 6.20 Å². The predicted octanol–water partition coefficient (Wildman–Crippen LogP) is 1.67. The highest BCUT2D eigenvalue weighted by atomic mass is 16.1. The molecule has 96 valence electrons. The second-order valence-corrected chi connectivity index (χ2v) is 4.91. The van der Waals surface area contributed by atoms with Crippen LogP contribution in [0.15, 0.2) is 6.20 Å². The Hall–Kier alpha value is -1.36. The molecule has 1 aromatic heterocycles. The molecule has 1 atom stereocenters. The number of anilines is 1. The number of aromatic nitrogens is 2. The lowest BCUT2D eigenvalue weighted by Crippen LogP contribution is -2.23. The van der Waals surface area contributed by atoms with Gasteiger partial charge >= 0.3 is 0 Å². The van der Waals surface area contributed by atoms with Crippen molar-refractivity contribution in [3.8, 4) is 0 Å². The van der Waals surface area contributed by atoms with Gasteiger partial charge in [-0.25, -0.2) is 0 Å².